The maximum absolute atomic E-state index is 12.2. The van der Waals surface area contributed by atoms with Gasteiger partial charge in [-0.1, -0.05) is 23.2 Å². The molecule has 1 N–H and O–H groups in total. The van der Waals surface area contributed by atoms with Crippen LogP contribution in [0.3, 0.4) is 0 Å². The van der Waals surface area contributed by atoms with E-state index >= 15 is 0 Å². The zero-order valence-electron chi connectivity index (χ0n) is 13.4. The number of rotatable bonds is 4. The lowest BCUT2D eigenvalue weighted by Gasteiger charge is -2.32. The maximum atomic E-state index is 12.2. The highest BCUT2D eigenvalue weighted by Crippen LogP contribution is 2.25. The Morgan fingerprint density at radius 3 is 2.40 bits per heavy atom. The van der Waals surface area contributed by atoms with E-state index in [0.29, 0.717) is 41.9 Å². The number of amides is 1. The quantitative estimate of drug-likeness (QED) is 0.613. The number of sulfonamides is 1. The topological polar surface area (TPSA) is 93.5 Å². The summed E-state index contributed by atoms with van der Waals surface area (Å²) in [6.45, 7) is 1.42. The van der Waals surface area contributed by atoms with Gasteiger partial charge >= 0.3 is 0 Å². The van der Waals surface area contributed by atoms with Gasteiger partial charge in [-0.05, 0) is 18.2 Å². The van der Waals surface area contributed by atoms with Crippen molar-refractivity contribution in [3.8, 4) is 6.07 Å². The lowest BCUT2D eigenvalue weighted by Crippen LogP contribution is -2.46. The molecule has 1 aliphatic rings. The minimum Gasteiger partial charge on any atom is -0.373 e. The summed E-state index contributed by atoms with van der Waals surface area (Å²) in [5.41, 5.74) is 0.335. The van der Waals surface area contributed by atoms with E-state index in [1.807, 2.05) is 6.07 Å². The summed E-state index contributed by atoms with van der Waals surface area (Å²) in [4.78, 5) is 14.0. The number of piperazine rings is 1. The van der Waals surface area contributed by atoms with Crippen LogP contribution in [0.1, 0.15) is 0 Å². The van der Waals surface area contributed by atoms with Gasteiger partial charge in [-0.25, -0.2) is 8.42 Å². The number of anilines is 1. The molecule has 0 bridgehead atoms. The molecule has 10 heteroatoms. The minimum absolute atomic E-state index is 0.0844. The number of nitrogens with one attached hydrogen (secondary N) is 1. The normalized spacial score (nSPS) is 16.4. The highest BCUT2D eigenvalue weighted by molar-refractivity contribution is 7.88. The Balaban J connectivity index is 2.04. The fraction of sp³-hybridized carbons (Fsp3) is 0.333. The van der Waals surface area contributed by atoms with Crippen LogP contribution in [-0.4, -0.2) is 56.0 Å². The molecule has 134 valence electrons. The van der Waals surface area contributed by atoms with Gasteiger partial charge in [0.2, 0.25) is 10.0 Å². The van der Waals surface area contributed by atoms with E-state index < -0.39 is 15.9 Å². The van der Waals surface area contributed by atoms with Crippen LogP contribution >= 0.6 is 23.2 Å². The molecule has 1 aliphatic heterocycles. The molecule has 0 saturated carbocycles. The second-order valence-corrected chi connectivity index (χ2v) is 8.23. The SMILES string of the molecule is CS(=O)(=O)N1CCN(/C=C(/C#N)C(=O)Nc2ccc(Cl)c(Cl)c2)CC1. The van der Waals surface area contributed by atoms with Crippen LogP contribution in [0.5, 0.6) is 0 Å². The monoisotopic (exact) mass is 402 g/mol. The number of halogens is 2. The Hall–Kier alpha value is -1.79. The van der Waals surface area contributed by atoms with Crippen molar-refractivity contribution in [1.29, 1.82) is 5.26 Å². The molecule has 0 aromatic heterocycles. The first-order valence-corrected chi connectivity index (χ1v) is 9.88. The van der Waals surface area contributed by atoms with E-state index in [1.165, 1.54) is 16.6 Å². The van der Waals surface area contributed by atoms with E-state index in [2.05, 4.69) is 5.32 Å². The van der Waals surface area contributed by atoms with Gasteiger partial charge in [0.25, 0.3) is 5.91 Å². The zero-order valence-corrected chi connectivity index (χ0v) is 15.7. The van der Waals surface area contributed by atoms with Gasteiger partial charge in [-0.15, -0.1) is 0 Å². The average molecular weight is 403 g/mol. The number of hydrogen-bond acceptors (Lipinski definition) is 5. The van der Waals surface area contributed by atoms with E-state index in [9.17, 15) is 18.5 Å². The maximum Gasteiger partial charge on any atom is 0.267 e. The van der Waals surface area contributed by atoms with E-state index in [-0.39, 0.29) is 5.57 Å². The first-order chi connectivity index (χ1) is 11.7. The summed E-state index contributed by atoms with van der Waals surface area (Å²) in [7, 11) is -3.23. The van der Waals surface area contributed by atoms with Crippen molar-refractivity contribution in [1.82, 2.24) is 9.21 Å². The Morgan fingerprint density at radius 1 is 1.24 bits per heavy atom. The second-order valence-electron chi connectivity index (χ2n) is 5.44. The summed E-state index contributed by atoms with van der Waals surface area (Å²) < 4.78 is 24.3. The van der Waals surface area contributed by atoms with Gasteiger partial charge in [-0.3, -0.25) is 4.79 Å². The lowest BCUT2D eigenvalue weighted by molar-refractivity contribution is -0.112. The first-order valence-electron chi connectivity index (χ1n) is 7.28. The number of carbonyl (C=O) groups is 1. The predicted octanol–water partition coefficient (Wildman–Crippen LogP) is 1.92. The molecule has 0 aliphatic carbocycles. The predicted molar refractivity (Wildman–Crippen MR) is 96.8 cm³/mol. The van der Waals surface area contributed by atoms with Crippen LogP contribution in [0, 0.1) is 11.3 Å². The van der Waals surface area contributed by atoms with Crippen molar-refractivity contribution in [3.63, 3.8) is 0 Å². The molecule has 1 fully saturated rings. The Bertz CT molecular complexity index is 841. The number of nitrogens with zero attached hydrogens (tertiary/aromatic N) is 3. The number of nitriles is 1. The van der Waals surface area contributed by atoms with E-state index in [0.717, 1.165) is 6.26 Å². The molecule has 0 radical (unpaired) electrons. The molecule has 0 spiro atoms. The zero-order chi connectivity index (χ0) is 18.6. The third kappa shape index (κ3) is 5.34. The Labute approximate surface area is 156 Å². The molecular formula is C15H16Cl2N4O3S. The van der Waals surface area contributed by atoms with Gasteiger partial charge in [0.1, 0.15) is 11.6 Å². The van der Waals surface area contributed by atoms with Crippen molar-refractivity contribution in [3.05, 3.63) is 40.0 Å². The first kappa shape index (κ1) is 19.5. The highest BCUT2D eigenvalue weighted by atomic mass is 35.5. The van der Waals surface area contributed by atoms with Crippen LogP contribution in [0.2, 0.25) is 10.0 Å². The highest BCUT2D eigenvalue weighted by Gasteiger charge is 2.23. The van der Waals surface area contributed by atoms with Crippen LogP contribution in [0.15, 0.2) is 30.0 Å². The van der Waals surface area contributed by atoms with Crippen LogP contribution in [0.25, 0.3) is 0 Å². The van der Waals surface area contributed by atoms with Gasteiger partial charge in [0, 0.05) is 38.1 Å². The summed E-state index contributed by atoms with van der Waals surface area (Å²) in [6, 6.07) is 6.46. The van der Waals surface area contributed by atoms with Crippen molar-refractivity contribution in [2.75, 3.05) is 37.8 Å². The second kappa shape index (κ2) is 8.06. The van der Waals surface area contributed by atoms with Gasteiger partial charge in [-0.2, -0.15) is 9.57 Å². The summed E-state index contributed by atoms with van der Waals surface area (Å²) in [5.74, 6) is -0.577. The fourth-order valence-corrected chi connectivity index (χ4v) is 3.38. The molecule has 25 heavy (non-hydrogen) atoms. The molecule has 1 aromatic carbocycles. The summed E-state index contributed by atoms with van der Waals surface area (Å²) in [5, 5.41) is 12.5. The molecule has 0 atom stereocenters. The number of carbonyl (C=O) groups excluding carboxylic acids is 1. The number of benzene rings is 1. The standard InChI is InChI=1S/C15H16Cl2N4O3S/c1-25(23,24)21-6-4-20(5-7-21)10-11(9-18)15(22)19-12-2-3-13(16)14(17)8-12/h2-3,8,10H,4-7H2,1H3,(H,19,22)/b11-10-. The molecular weight excluding hydrogens is 387 g/mol. The summed E-state index contributed by atoms with van der Waals surface area (Å²) in [6.07, 6.45) is 2.59. The molecule has 0 unspecified atom stereocenters. The average Bonchev–Trinajstić information content (AvgIpc) is 2.55. The molecule has 7 nitrogen and oxygen atoms in total. The van der Waals surface area contributed by atoms with Crippen molar-refractivity contribution in [2.24, 2.45) is 0 Å². The summed E-state index contributed by atoms with van der Waals surface area (Å²) >= 11 is 11.7. The molecule has 1 amide bonds. The third-order valence-electron chi connectivity index (χ3n) is 3.60. The van der Waals surface area contributed by atoms with Crippen molar-refractivity contribution < 1.29 is 13.2 Å². The molecule has 1 aromatic rings. The molecule has 1 saturated heterocycles. The molecule has 1 heterocycles. The number of hydrogen-bond donors (Lipinski definition) is 1. The Kier molecular flexibility index (Phi) is 6.30. The van der Waals surface area contributed by atoms with Crippen molar-refractivity contribution in [2.45, 2.75) is 0 Å². The van der Waals surface area contributed by atoms with E-state index in [1.54, 1.807) is 17.0 Å². The van der Waals surface area contributed by atoms with Gasteiger partial charge in [0.05, 0.1) is 16.3 Å². The van der Waals surface area contributed by atoms with Gasteiger partial charge < -0.3 is 10.2 Å². The Morgan fingerprint density at radius 2 is 1.88 bits per heavy atom. The molecule has 2 rings (SSSR count). The fourth-order valence-electron chi connectivity index (χ4n) is 2.26. The van der Waals surface area contributed by atoms with E-state index in [4.69, 9.17) is 23.2 Å². The van der Waals surface area contributed by atoms with Crippen LogP contribution in [-0.2, 0) is 14.8 Å². The van der Waals surface area contributed by atoms with Gasteiger partial charge in [0.15, 0.2) is 0 Å². The minimum atomic E-state index is -3.23. The smallest absolute Gasteiger partial charge is 0.267 e. The van der Waals surface area contributed by atoms with Crippen molar-refractivity contribution >= 4 is 44.8 Å². The van der Waals surface area contributed by atoms with Crippen LogP contribution in [0.4, 0.5) is 5.69 Å². The third-order valence-corrected chi connectivity index (χ3v) is 5.64. The lowest BCUT2D eigenvalue weighted by atomic mass is 10.2. The van der Waals surface area contributed by atoms with Crippen LogP contribution < -0.4 is 5.32 Å². The largest absolute Gasteiger partial charge is 0.373 e.